The van der Waals surface area contributed by atoms with Crippen LogP contribution in [0.2, 0.25) is 0 Å². The Morgan fingerprint density at radius 3 is 2.33 bits per heavy atom. The van der Waals surface area contributed by atoms with Crippen LogP contribution in [0.15, 0.2) is 0 Å². The second kappa shape index (κ2) is 7.27. The van der Waals surface area contributed by atoms with Crippen LogP contribution < -0.4 is 0 Å². The van der Waals surface area contributed by atoms with E-state index in [0.717, 1.165) is 0 Å². The highest BCUT2D eigenvalue weighted by atomic mass is 31.2. The van der Waals surface area contributed by atoms with Gasteiger partial charge >= 0.3 is 23.9 Å². The number of ether oxygens (including phenoxy) is 1. The zero-order chi connectivity index (χ0) is 16.4. The maximum atomic E-state index is 11.2. The Morgan fingerprint density at radius 1 is 1.29 bits per heavy atom. The van der Waals surface area contributed by atoms with E-state index < -0.39 is 54.9 Å². The third kappa shape index (κ3) is 6.54. The van der Waals surface area contributed by atoms with Crippen molar-refractivity contribution in [3.8, 4) is 0 Å². The summed E-state index contributed by atoms with van der Waals surface area (Å²) in [6.45, 7) is 0.625. The number of aliphatic hydroxyl groups excluding tert-OH is 1. The molecule has 1 fully saturated rings. The minimum absolute atomic E-state index is 0.727. The summed E-state index contributed by atoms with van der Waals surface area (Å²) < 4.78 is 49.7. The summed E-state index contributed by atoms with van der Waals surface area (Å²) in [5, 5.41) is 9.77. The van der Waals surface area contributed by atoms with Crippen molar-refractivity contribution >= 4 is 23.9 Å². The number of phosphoric ester groups is 2. The van der Waals surface area contributed by atoms with Crippen molar-refractivity contribution in [3.05, 3.63) is 0 Å². The van der Waals surface area contributed by atoms with E-state index in [1.807, 2.05) is 0 Å². The van der Waals surface area contributed by atoms with E-state index in [1.54, 1.807) is 0 Å². The quantitative estimate of drug-likeness (QED) is 0.348. The van der Waals surface area contributed by atoms with Crippen LogP contribution in [0.5, 0.6) is 0 Å². The molecular formula is C6H15O12P3. The molecule has 0 saturated carbocycles. The average molecular weight is 372 g/mol. The Bertz CT molecular complexity index is 474. The lowest BCUT2D eigenvalue weighted by Crippen LogP contribution is -2.35. The van der Waals surface area contributed by atoms with Gasteiger partial charge in [-0.2, -0.15) is 0 Å². The van der Waals surface area contributed by atoms with Gasteiger partial charge in [0.05, 0.1) is 12.7 Å². The van der Waals surface area contributed by atoms with E-state index in [-0.39, 0.29) is 0 Å². The van der Waals surface area contributed by atoms with E-state index in [2.05, 4.69) is 13.4 Å². The van der Waals surface area contributed by atoms with Gasteiger partial charge in [0.1, 0.15) is 18.3 Å². The van der Waals surface area contributed by atoms with E-state index in [0.29, 0.717) is 0 Å². The van der Waals surface area contributed by atoms with Crippen molar-refractivity contribution in [1.29, 1.82) is 0 Å². The molecule has 1 aliphatic rings. The lowest BCUT2D eigenvalue weighted by molar-refractivity contribution is -0.0164. The minimum Gasteiger partial charge on any atom is -0.387 e. The zero-order valence-electron chi connectivity index (χ0n) is 10.5. The highest BCUT2D eigenvalue weighted by molar-refractivity contribution is 7.55. The van der Waals surface area contributed by atoms with Crippen molar-refractivity contribution in [1.82, 2.24) is 0 Å². The predicted octanol–water partition coefficient (Wildman–Crippen LogP) is -0.872. The fourth-order valence-corrected chi connectivity index (χ4v) is 3.61. The van der Waals surface area contributed by atoms with Gasteiger partial charge in [-0.05, 0) is 6.92 Å². The second-order valence-corrected chi connectivity index (χ2v) is 7.70. The topological polar surface area (TPSA) is 189 Å². The molecule has 0 radical (unpaired) electrons. The highest BCUT2D eigenvalue weighted by Crippen LogP contribution is 2.51. The molecule has 0 aromatic rings. The van der Waals surface area contributed by atoms with Gasteiger partial charge in [-0.1, -0.05) is 0 Å². The van der Waals surface area contributed by atoms with E-state index >= 15 is 0 Å². The van der Waals surface area contributed by atoms with Crippen molar-refractivity contribution in [2.45, 2.75) is 31.3 Å². The summed E-state index contributed by atoms with van der Waals surface area (Å²) >= 11 is 0. The van der Waals surface area contributed by atoms with Crippen molar-refractivity contribution in [2.75, 3.05) is 6.61 Å². The molecule has 1 saturated heterocycles. The van der Waals surface area contributed by atoms with Crippen molar-refractivity contribution in [3.63, 3.8) is 0 Å². The number of phosphoric acid groups is 2. The highest BCUT2D eigenvalue weighted by Gasteiger charge is 2.46. The monoisotopic (exact) mass is 372 g/mol. The molecule has 126 valence electrons. The lowest BCUT2D eigenvalue weighted by atomic mass is 10.1. The normalized spacial score (nSPS) is 34.6. The van der Waals surface area contributed by atoms with Gasteiger partial charge in [-0.15, -0.1) is 0 Å². The second-order valence-electron chi connectivity index (χ2n) is 4.05. The molecule has 6 atom stereocenters. The van der Waals surface area contributed by atoms with Crippen LogP contribution in [0.4, 0.5) is 0 Å². The minimum atomic E-state index is -4.87. The smallest absolute Gasteiger partial charge is 0.387 e. The summed E-state index contributed by atoms with van der Waals surface area (Å²) in [6, 6.07) is 0. The molecule has 1 heterocycles. The summed E-state index contributed by atoms with van der Waals surface area (Å²) in [7, 11) is -13.4. The van der Waals surface area contributed by atoms with Crippen LogP contribution in [-0.4, -0.2) is 55.7 Å². The Balaban J connectivity index is 2.60. The summed E-state index contributed by atoms with van der Waals surface area (Å²) in [5.74, 6) is 0. The number of aliphatic hydroxyl groups is 1. The van der Waals surface area contributed by atoms with Crippen LogP contribution in [0, 0.1) is 0 Å². The van der Waals surface area contributed by atoms with Gasteiger partial charge in [-0.3, -0.25) is 13.6 Å². The summed E-state index contributed by atoms with van der Waals surface area (Å²) in [6.07, 6.45) is -5.12. The van der Waals surface area contributed by atoms with Gasteiger partial charge in [0, 0.05) is 0 Å². The molecular weight excluding hydrogens is 357 g/mol. The van der Waals surface area contributed by atoms with Crippen molar-refractivity contribution in [2.24, 2.45) is 0 Å². The van der Waals surface area contributed by atoms with Gasteiger partial charge < -0.3 is 29.4 Å². The molecule has 21 heavy (non-hydrogen) atoms. The Hall–Kier alpha value is 0.330. The third-order valence-electron chi connectivity index (χ3n) is 2.42. The Labute approximate surface area is 119 Å². The largest absolute Gasteiger partial charge is 0.479 e. The zero-order valence-corrected chi connectivity index (χ0v) is 13.3. The average Bonchev–Trinajstić information content (AvgIpc) is 2.51. The Kier molecular flexibility index (Phi) is 6.71. The SMILES string of the molecule is C[C@@H]1O[C@H](COP(=O)(O)O[PH](=O)O)[C@@H](O)[C@H]1OP(=O)(O)O. The van der Waals surface area contributed by atoms with Gasteiger partial charge in [0.2, 0.25) is 0 Å². The molecule has 5 N–H and O–H groups in total. The summed E-state index contributed by atoms with van der Waals surface area (Å²) in [5.41, 5.74) is 0. The summed E-state index contributed by atoms with van der Waals surface area (Å²) in [4.78, 5) is 34.8. The number of hydrogen-bond donors (Lipinski definition) is 5. The van der Waals surface area contributed by atoms with Gasteiger partial charge in [0.15, 0.2) is 0 Å². The first-order chi connectivity index (χ1) is 9.41. The van der Waals surface area contributed by atoms with Crippen molar-refractivity contribution < 1.29 is 56.5 Å². The van der Waals surface area contributed by atoms with E-state index in [4.69, 9.17) is 24.3 Å². The number of rotatable bonds is 7. The molecule has 0 amide bonds. The van der Waals surface area contributed by atoms with E-state index in [9.17, 15) is 18.8 Å². The van der Waals surface area contributed by atoms with Crippen LogP contribution in [0.1, 0.15) is 6.92 Å². The fourth-order valence-electron chi connectivity index (χ4n) is 1.66. The van der Waals surface area contributed by atoms with Gasteiger partial charge in [-0.25, -0.2) is 13.4 Å². The predicted molar refractivity (Wildman–Crippen MR) is 65.3 cm³/mol. The lowest BCUT2D eigenvalue weighted by Gasteiger charge is -2.19. The molecule has 1 aliphatic heterocycles. The molecule has 0 bridgehead atoms. The van der Waals surface area contributed by atoms with Crippen LogP contribution in [0.3, 0.4) is 0 Å². The first-order valence-electron chi connectivity index (χ1n) is 5.38. The molecule has 0 spiro atoms. The first-order valence-corrected chi connectivity index (χ1v) is 9.67. The maximum Gasteiger partial charge on any atom is 0.479 e. The standard InChI is InChI=1S/C6H15O12P3/c1-3-6(17-20(10,11)12)5(7)4(16-3)2-15-21(13,14)18-19(8)9/h3-7,19H,2H2,1H3,(H,8,9)(H,13,14)(H2,10,11,12)/t3-,4+,5+,6-/m0/s1. The molecule has 0 aromatic carbocycles. The Morgan fingerprint density at radius 2 is 1.86 bits per heavy atom. The first kappa shape index (κ1) is 19.4. The number of hydrogen-bond acceptors (Lipinski definition) is 8. The molecule has 15 heteroatoms. The molecule has 1 rings (SSSR count). The van der Waals surface area contributed by atoms with Gasteiger partial charge in [0.25, 0.3) is 0 Å². The molecule has 0 aromatic heterocycles. The van der Waals surface area contributed by atoms with Crippen LogP contribution in [-0.2, 0) is 31.8 Å². The molecule has 2 unspecified atom stereocenters. The molecule has 12 nitrogen and oxygen atoms in total. The molecule has 0 aliphatic carbocycles. The third-order valence-corrected chi connectivity index (χ3v) is 4.97. The fraction of sp³-hybridized carbons (Fsp3) is 1.00. The van der Waals surface area contributed by atoms with Crippen LogP contribution in [0.25, 0.3) is 0 Å². The maximum absolute atomic E-state index is 11.2. The van der Waals surface area contributed by atoms with Crippen LogP contribution >= 0.6 is 23.9 Å². The van der Waals surface area contributed by atoms with E-state index in [1.165, 1.54) is 6.92 Å².